The number of nitrogens with one attached hydrogen (secondary N) is 2. The van der Waals surface area contributed by atoms with Gasteiger partial charge in [0.2, 0.25) is 5.91 Å². The number of piperidine rings is 1. The number of fused-ring (bicyclic) bond motifs is 2. The third-order valence-electron chi connectivity index (χ3n) is 8.48. The van der Waals surface area contributed by atoms with Crippen molar-refractivity contribution in [3.8, 4) is 0 Å². The van der Waals surface area contributed by atoms with Gasteiger partial charge in [0, 0.05) is 54.6 Å². The van der Waals surface area contributed by atoms with Crippen LogP contribution in [0.15, 0.2) is 30.5 Å². The first-order valence-corrected chi connectivity index (χ1v) is 13.7. The fourth-order valence-corrected chi connectivity index (χ4v) is 6.44. The average molecular weight is 519 g/mol. The van der Waals surface area contributed by atoms with Crippen LogP contribution in [0.5, 0.6) is 0 Å². The van der Waals surface area contributed by atoms with Crippen molar-refractivity contribution in [3.63, 3.8) is 0 Å². The van der Waals surface area contributed by atoms with Crippen LogP contribution in [0.25, 0.3) is 0 Å². The van der Waals surface area contributed by atoms with E-state index in [9.17, 15) is 14.4 Å². The largest absolute Gasteiger partial charge is 0.366 e. The van der Waals surface area contributed by atoms with Gasteiger partial charge < -0.3 is 26.2 Å². The maximum absolute atomic E-state index is 13.1. The van der Waals surface area contributed by atoms with E-state index in [1.165, 1.54) is 0 Å². The number of amides is 3. The van der Waals surface area contributed by atoms with Gasteiger partial charge in [-0.2, -0.15) is 0 Å². The lowest BCUT2D eigenvalue weighted by atomic mass is 9.95. The number of hydrogen-bond acceptors (Lipinski definition) is 6. The summed E-state index contributed by atoms with van der Waals surface area (Å²) < 4.78 is 0. The first-order valence-electron chi connectivity index (χ1n) is 13.7. The number of likely N-dealkylation sites (N-methyl/N-ethyl adjacent to an activating group) is 1. The molecule has 38 heavy (non-hydrogen) atoms. The van der Waals surface area contributed by atoms with E-state index in [0.717, 1.165) is 63.1 Å². The van der Waals surface area contributed by atoms with Crippen LogP contribution in [0.3, 0.4) is 0 Å². The molecule has 202 valence electrons. The van der Waals surface area contributed by atoms with Gasteiger partial charge in [-0.15, -0.1) is 0 Å². The number of hydrogen-bond donors (Lipinski definition) is 3. The van der Waals surface area contributed by atoms with E-state index in [4.69, 9.17) is 5.73 Å². The van der Waals surface area contributed by atoms with Crippen LogP contribution in [0.1, 0.15) is 81.2 Å². The second-order valence-corrected chi connectivity index (χ2v) is 11.0. The molecule has 2 aromatic rings. The number of aryl methyl sites for hydroxylation is 2. The predicted molar refractivity (Wildman–Crippen MR) is 146 cm³/mol. The van der Waals surface area contributed by atoms with Crippen LogP contribution in [-0.4, -0.2) is 71.4 Å². The summed E-state index contributed by atoms with van der Waals surface area (Å²) in [6.45, 7) is 8.71. The molecule has 1 aromatic carbocycles. The van der Waals surface area contributed by atoms with Crippen molar-refractivity contribution in [2.24, 2.45) is 5.73 Å². The molecule has 0 aliphatic carbocycles. The molecule has 3 aliphatic heterocycles. The summed E-state index contributed by atoms with van der Waals surface area (Å²) in [4.78, 5) is 46.9. The van der Waals surface area contributed by atoms with Crippen molar-refractivity contribution in [2.45, 2.75) is 77.0 Å². The van der Waals surface area contributed by atoms with Gasteiger partial charge >= 0.3 is 0 Å². The number of carbonyl (C=O) groups excluding carboxylic acids is 3. The van der Waals surface area contributed by atoms with E-state index in [1.54, 1.807) is 25.3 Å². The Labute approximate surface area is 224 Å². The highest BCUT2D eigenvalue weighted by Crippen LogP contribution is 2.38. The molecule has 2 unspecified atom stereocenters. The quantitative estimate of drug-likeness (QED) is 0.518. The zero-order chi connectivity index (χ0) is 27.0. The minimum absolute atomic E-state index is 0.0641. The van der Waals surface area contributed by atoms with Gasteiger partial charge in [-0.05, 0) is 87.9 Å². The van der Waals surface area contributed by atoms with E-state index < -0.39 is 5.91 Å². The fraction of sp³-hybridized carbons (Fsp3) is 0.517. The average Bonchev–Trinajstić information content (AvgIpc) is 3.46. The van der Waals surface area contributed by atoms with Crippen molar-refractivity contribution < 1.29 is 14.4 Å². The summed E-state index contributed by atoms with van der Waals surface area (Å²) in [7, 11) is 0. The molecule has 5 rings (SSSR count). The summed E-state index contributed by atoms with van der Waals surface area (Å²) in [6.07, 6.45) is 6.48. The molecule has 2 bridgehead atoms. The smallest absolute Gasteiger partial charge is 0.253 e. The van der Waals surface area contributed by atoms with Crippen LogP contribution in [0, 0.1) is 13.8 Å². The Bertz CT molecular complexity index is 1220. The zero-order valence-corrected chi connectivity index (χ0v) is 22.5. The summed E-state index contributed by atoms with van der Waals surface area (Å²) in [5.74, 6) is 0.231. The topological polar surface area (TPSA) is 121 Å². The number of anilines is 1. The number of pyridine rings is 1. The van der Waals surface area contributed by atoms with E-state index in [0.29, 0.717) is 34.3 Å². The second kappa shape index (κ2) is 10.7. The van der Waals surface area contributed by atoms with Gasteiger partial charge in [0.15, 0.2) is 0 Å². The number of benzene rings is 1. The Hall–Kier alpha value is -3.46. The van der Waals surface area contributed by atoms with Crippen molar-refractivity contribution in [3.05, 3.63) is 58.3 Å². The molecule has 0 saturated carbocycles. The van der Waals surface area contributed by atoms with Gasteiger partial charge in [-0.3, -0.25) is 14.4 Å². The minimum atomic E-state index is -0.485. The molecule has 3 saturated heterocycles. The highest BCUT2D eigenvalue weighted by Gasteiger charge is 2.42. The number of nitrogens with two attached hydrogens (primary N) is 1. The molecule has 0 radical (unpaired) electrons. The van der Waals surface area contributed by atoms with E-state index in [-0.39, 0.29) is 23.9 Å². The zero-order valence-electron chi connectivity index (χ0n) is 22.5. The molecular weight excluding hydrogens is 480 g/mol. The number of aromatic nitrogens is 1. The molecule has 3 fully saturated rings. The summed E-state index contributed by atoms with van der Waals surface area (Å²) in [5, 5.41) is 6.38. The normalized spacial score (nSPS) is 24.9. The monoisotopic (exact) mass is 518 g/mol. The Balaban J connectivity index is 1.20. The molecule has 4 heterocycles. The van der Waals surface area contributed by atoms with Crippen molar-refractivity contribution in [1.82, 2.24) is 20.5 Å². The molecule has 3 atom stereocenters. The molecular formula is C29H38N6O3. The van der Waals surface area contributed by atoms with Crippen LogP contribution >= 0.6 is 0 Å². The van der Waals surface area contributed by atoms with Crippen LogP contribution < -0.4 is 21.3 Å². The standard InChI is InChI=1S/C29H38N6O3/c1-4-34-10-9-20(16-34)32-28(37)19-5-8-26(31-15-19)35-22-6-7-23(35)14-21(13-22)33-29(38)25-12-17(2)24(27(30)36)11-18(25)3/h5,8,11-12,15,20-23H,4,6-7,9-10,13-14,16H2,1-3H3,(H2,30,36)(H,32,37)(H,33,38)/t20-,21?,22?,23?/m0/s1. The Morgan fingerprint density at radius 3 is 2.21 bits per heavy atom. The third kappa shape index (κ3) is 5.25. The second-order valence-electron chi connectivity index (χ2n) is 11.0. The highest BCUT2D eigenvalue weighted by atomic mass is 16.2. The number of rotatable bonds is 7. The fourth-order valence-electron chi connectivity index (χ4n) is 6.44. The van der Waals surface area contributed by atoms with Crippen molar-refractivity contribution in [2.75, 3.05) is 24.5 Å². The third-order valence-corrected chi connectivity index (χ3v) is 8.48. The Morgan fingerprint density at radius 1 is 0.947 bits per heavy atom. The maximum Gasteiger partial charge on any atom is 0.253 e. The molecule has 9 heteroatoms. The molecule has 0 spiro atoms. The van der Waals surface area contributed by atoms with Crippen LogP contribution in [-0.2, 0) is 0 Å². The van der Waals surface area contributed by atoms with Crippen molar-refractivity contribution in [1.29, 1.82) is 0 Å². The van der Waals surface area contributed by atoms with E-state index in [2.05, 4.69) is 32.3 Å². The summed E-state index contributed by atoms with van der Waals surface area (Å²) >= 11 is 0. The van der Waals surface area contributed by atoms with Crippen LogP contribution in [0.4, 0.5) is 5.82 Å². The molecule has 3 aliphatic rings. The first kappa shape index (κ1) is 26.2. The number of carbonyl (C=O) groups is 3. The van der Waals surface area contributed by atoms with Gasteiger partial charge in [0.1, 0.15) is 5.82 Å². The summed E-state index contributed by atoms with van der Waals surface area (Å²) in [6, 6.07) is 8.14. The van der Waals surface area contributed by atoms with E-state index >= 15 is 0 Å². The Morgan fingerprint density at radius 2 is 1.61 bits per heavy atom. The predicted octanol–water partition coefficient (Wildman–Crippen LogP) is 2.55. The molecule has 3 amide bonds. The number of nitrogens with zero attached hydrogens (tertiary/aromatic N) is 3. The Kier molecular flexibility index (Phi) is 7.38. The molecule has 9 nitrogen and oxygen atoms in total. The molecule has 1 aromatic heterocycles. The highest BCUT2D eigenvalue weighted by molar-refractivity contribution is 5.99. The SMILES string of the molecule is CCN1CC[C@H](NC(=O)c2ccc(N3C4CCC3CC(NC(=O)c3cc(C)c(C(N)=O)cc3C)C4)nc2)C1. The lowest BCUT2D eigenvalue weighted by Crippen LogP contribution is -2.51. The first-order chi connectivity index (χ1) is 18.2. The number of primary amides is 1. The van der Waals surface area contributed by atoms with Gasteiger partial charge in [-0.1, -0.05) is 6.92 Å². The van der Waals surface area contributed by atoms with Crippen LogP contribution in [0.2, 0.25) is 0 Å². The molecule has 4 N–H and O–H groups in total. The summed E-state index contributed by atoms with van der Waals surface area (Å²) in [5.41, 5.74) is 8.52. The lowest BCUT2D eigenvalue weighted by molar-refractivity contribution is 0.0921. The maximum atomic E-state index is 13.1. The number of likely N-dealkylation sites (tertiary alicyclic amines) is 1. The van der Waals surface area contributed by atoms with Gasteiger partial charge in [0.25, 0.3) is 11.8 Å². The minimum Gasteiger partial charge on any atom is -0.366 e. The van der Waals surface area contributed by atoms with Crippen molar-refractivity contribution >= 4 is 23.5 Å². The van der Waals surface area contributed by atoms with E-state index in [1.807, 2.05) is 19.1 Å². The van der Waals surface area contributed by atoms with Gasteiger partial charge in [0.05, 0.1) is 5.56 Å². The van der Waals surface area contributed by atoms with Gasteiger partial charge in [-0.25, -0.2) is 4.98 Å². The lowest BCUT2D eigenvalue weighted by Gasteiger charge is -2.40.